The molecule has 0 aliphatic carbocycles. The number of likely N-dealkylation sites (tertiary alicyclic amines) is 1. The average molecular weight is 278 g/mol. The van der Waals surface area contributed by atoms with Gasteiger partial charge in [0.2, 0.25) is 0 Å². The number of hydrogen-bond donors (Lipinski definition) is 1. The third-order valence-corrected chi connectivity index (χ3v) is 3.22. The van der Waals surface area contributed by atoms with E-state index in [0.717, 1.165) is 12.0 Å². The van der Waals surface area contributed by atoms with Crippen LogP contribution in [-0.4, -0.2) is 39.7 Å². The van der Waals surface area contributed by atoms with E-state index in [0.29, 0.717) is 25.5 Å². The van der Waals surface area contributed by atoms with Gasteiger partial charge in [0.05, 0.1) is 6.54 Å². The van der Waals surface area contributed by atoms with Crippen molar-refractivity contribution in [3.05, 3.63) is 23.8 Å². The van der Waals surface area contributed by atoms with Gasteiger partial charge in [-0.15, -0.1) is 0 Å². The minimum atomic E-state index is -0.457. The van der Waals surface area contributed by atoms with Gasteiger partial charge in [-0.2, -0.15) is 0 Å². The van der Waals surface area contributed by atoms with Gasteiger partial charge in [-0.05, 0) is 32.8 Å². The van der Waals surface area contributed by atoms with Crippen molar-refractivity contribution >= 4 is 6.09 Å². The summed E-state index contributed by atoms with van der Waals surface area (Å²) in [7, 11) is 0. The first-order chi connectivity index (χ1) is 9.39. The van der Waals surface area contributed by atoms with Crippen molar-refractivity contribution in [3.63, 3.8) is 0 Å². The van der Waals surface area contributed by atoms with Crippen LogP contribution < -0.4 is 5.73 Å². The molecule has 6 heteroatoms. The number of nitrogens with two attached hydrogens (primary N) is 1. The Morgan fingerprint density at radius 2 is 2.10 bits per heavy atom. The van der Waals surface area contributed by atoms with Gasteiger partial charge in [-0.1, -0.05) is 0 Å². The molecule has 2 rings (SSSR count). The summed E-state index contributed by atoms with van der Waals surface area (Å²) < 4.78 is 5.38. The highest BCUT2D eigenvalue weighted by Gasteiger charge is 2.30. The third-order valence-electron chi connectivity index (χ3n) is 3.22. The molecule has 110 valence electrons. The molecule has 20 heavy (non-hydrogen) atoms. The molecule has 6 nitrogen and oxygen atoms in total. The molecule has 1 aromatic rings. The van der Waals surface area contributed by atoms with E-state index in [1.54, 1.807) is 17.3 Å². The van der Waals surface area contributed by atoms with E-state index in [2.05, 4.69) is 9.97 Å². The second-order valence-electron chi connectivity index (χ2n) is 6.05. The average Bonchev–Trinajstić information content (AvgIpc) is 2.86. The number of hydrogen-bond acceptors (Lipinski definition) is 5. The number of amides is 1. The molecule has 1 saturated heterocycles. The van der Waals surface area contributed by atoms with Gasteiger partial charge in [0.1, 0.15) is 11.4 Å². The smallest absolute Gasteiger partial charge is 0.410 e. The summed E-state index contributed by atoms with van der Waals surface area (Å²) in [4.78, 5) is 22.1. The number of carbonyl (C=O) groups excluding carboxylic acids is 1. The van der Waals surface area contributed by atoms with Crippen LogP contribution in [0.15, 0.2) is 12.4 Å². The normalized spacial score (nSPS) is 19.2. The lowest BCUT2D eigenvalue weighted by Crippen LogP contribution is -2.35. The van der Waals surface area contributed by atoms with Crippen molar-refractivity contribution in [2.45, 2.75) is 45.3 Å². The van der Waals surface area contributed by atoms with E-state index in [9.17, 15) is 4.79 Å². The highest BCUT2D eigenvalue weighted by atomic mass is 16.6. The summed E-state index contributed by atoms with van der Waals surface area (Å²) in [5.74, 6) is 0.907. The molecule has 2 heterocycles. The monoisotopic (exact) mass is 278 g/mol. The first-order valence-corrected chi connectivity index (χ1v) is 6.88. The summed E-state index contributed by atoms with van der Waals surface area (Å²) in [6.45, 7) is 7.32. The summed E-state index contributed by atoms with van der Waals surface area (Å²) in [5, 5.41) is 0. The quantitative estimate of drug-likeness (QED) is 0.889. The molecule has 0 spiro atoms. The minimum Gasteiger partial charge on any atom is -0.444 e. The van der Waals surface area contributed by atoms with Crippen LogP contribution in [0.4, 0.5) is 4.79 Å². The van der Waals surface area contributed by atoms with Gasteiger partial charge in [0, 0.05) is 31.4 Å². The highest BCUT2D eigenvalue weighted by Crippen LogP contribution is 2.27. The maximum Gasteiger partial charge on any atom is 0.410 e. The number of nitrogens with zero attached hydrogens (tertiary/aromatic N) is 3. The van der Waals surface area contributed by atoms with E-state index >= 15 is 0 Å². The van der Waals surface area contributed by atoms with Crippen molar-refractivity contribution in [2.24, 2.45) is 5.73 Å². The van der Waals surface area contributed by atoms with Gasteiger partial charge in [0.25, 0.3) is 0 Å². The van der Waals surface area contributed by atoms with Crippen LogP contribution in [0.1, 0.15) is 44.5 Å². The van der Waals surface area contributed by atoms with Crippen LogP contribution in [0.25, 0.3) is 0 Å². The zero-order chi connectivity index (χ0) is 14.8. The van der Waals surface area contributed by atoms with Crippen LogP contribution in [-0.2, 0) is 11.3 Å². The molecule has 0 aromatic carbocycles. The molecule has 1 aromatic heterocycles. The van der Waals surface area contributed by atoms with E-state index in [-0.39, 0.29) is 12.0 Å². The van der Waals surface area contributed by atoms with Gasteiger partial charge in [-0.25, -0.2) is 14.8 Å². The third kappa shape index (κ3) is 3.66. The van der Waals surface area contributed by atoms with Crippen LogP contribution in [0.5, 0.6) is 0 Å². The molecule has 1 fully saturated rings. The maximum atomic E-state index is 12.0. The second-order valence-corrected chi connectivity index (χ2v) is 6.05. The Balaban J connectivity index is 1.96. The Morgan fingerprint density at radius 1 is 1.45 bits per heavy atom. The standard InChI is InChI=1S/C14H22N4O2/c1-14(2,3)20-13(19)18-5-4-10(9-18)11-7-16-12(6-15)17-8-11/h7-8,10H,4-6,9,15H2,1-3H3. The fourth-order valence-corrected chi connectivity index (χ4v) is 2.21. The Hall–Kier alpha value is -1.69. The zero-order valence-corrected chi connectivity index (χ0v) is 12.3. The summed E-state index contributed by atoms with van der Waals surface area (Å²) in [6.07, 6.45) is 4.26. The van der Waals surface area contributed by atoms with E-state index in [1.165, 1.54) is 0 Å². The van der Waals surface area contributed by atoms with Crippen LogP contribution in [0.3, 0.4) is 0 Å². The molecule has 0 bridgehead atoms. The fourth-order valence-electron chi connectivity index (χ4n) is 2.21. The Labute approximate surface area is 119 Å². The van der Waals surface area contributed by atoms with Crippen LogP contribution >= 0.6 is 0 Å². The summed E-state index contributed by atoms with van der Waals surface area (Å²) in [5.41, 5.74) is 6.07. The predicted octanol–water partition coefficient (Wildman–Crippen LogP) is 1.66. The largest absolute Gasteiger partial charge is 0.444 e. The first kappa shape index (κ1) is 14.7. The lowest BCUT2D eigenvalue weighted by Gasteiger charge is -2.24. The van der Waals surface area contributed by atoms with Gasteiger partial charge >= 0.3 is 6.09 Å². The van der Waals surface area contributed by atoms with E-state index in [1.807, 2.05) is 20.8 Å². The zero-order valence-electron chi connectivity index (χ0n) is 12.3. The fraction of sp³-hybridized carbons (Fsp3) is 0.643. The van der Waals surface area contributed by atoms with Crippen molar-refractivity contribution in [1.29, 1.82) is 0 Å². The number of carbonyl (C=O) groups is 1. The molecule has 2 N–H and O–H groups in total. The predicted molar refractivity (Wildman–Crippen MR) is 75.1 cm³/mol. The first-order valence-electron chi connectivity index (χ1n) is 6.88. The topological polar surface area (TPSA) is 81.3 Å². The van der Waals surface area contributed by atoms with Crippen molar-refractivity contribution in [1.82, 2.24) is 14.9 Å². The minimum absolute atomic E-state index is 0.250. The second kappa shape index (κ2) is 5.75. The number of ether oxygens (including phenoxy) is 1. The lowest BCUT2D eigenvalue weighted by molar-refractivity contribution is 0.0292. The SMILES string of the molecule is CC(C)(C)OC(=O)N1CCC(c2cnc(CN)nc2)C1. The van der Waals surface area contributed by atoms with Crippen molar-refractivity contribution in [3.8, 4) is 0 Å². The lowest BCUT2D eigenvalue weighted by atomic mass is 10.0. The van der Waals surface area contributed by atoms with Crippen LogP contribution in [0, 0.1) is 0 Å². The van der Waals surface area contributed by atoms with Crippen molar-refractivity contribution in [2.75, 3.05) is 13.1 Å². The number of rotatable bonds is 2. The molecule has 1 aliphatic rings. The molecule has 1 amide bonds. The van der Waals surface area contributed by atoms with Gasteiger partial charge < -0.3 is 15.4 Å². The maximum absolute atomic E-state index is 12.0. The Morgan fingerprint density at radius 3 is 2.65 bits per heavy atom. The highest BCUT2D eigenvalue weighted by molar-refractivity contribution is 5.68. The van der Waals surface area contributed by atoms with Crippen molar-refractivity contribution < 1.29 is 9.53 Å². The summed E-state index contributed by atoms with van der Waals surface area (Å²) in [6, 6.07) is 0. The van der Waals surface area contributed by atoms with E-state index in [4.69, 9.17) is 10.5 Å². The van der Waals surface area contributed by atoms with E-state index < -0.39 is 5.60 Å². The van der Waals surface area contributed by atoms with Gasteiger partial charge in [-0.3, -0.25) is 0 Å². The Kier molecular flexibility index (Phi) is 4.23. The van der Waals surface area contributed by atoms with Crippen LogP contribution in [0.2, 0.25) is 0 Å². The molecular weight excluding hydrogens is 256 g/mol. The molecular formula is C14H22N4O2. The van der Waals surface area contributed by atoms with Gasteiger partial charge in [0.15, 0.2) is 0 Å². The molecule has 0 radical (unpaired) electrons. The number of aromatic nitrogens is 2. The Bertz CT molecular complexity index is 467. The molecule has 1 aliphatic heterocycles. The molecule has 1 unspecified atom stereocenters. The molecule has 1 atom stereocenters. The molecule has 0 saturated carbocycles. The summed E-state index contributed by atoms with van der Waals surface area (Å²) >= 11 is 0.